The smallest absolute Gasteiger partial charge is 0.415 e. The van der Waals surface area contributed by atoms with E-state index in [1.54, 1.807) is 9.47 Å². The maximum atomic E-state index is 15.6. The van der Waals surface area contributed by atoms with E-state index in [0.29, 0.717) is 11.3 Å². The van der Waals surface area contributed by atoms with Gasteiger partial charge >= 0.3 is 19.7 Å². The topological polar surface area (TPSA) is 221 Å². The van der Waals surface area contributed by atoms with Crippen molar-refractivity contribution < 1.29 is 52.5 Å². The maximum Gasteiger partial charge on any atom is 0.415 e. The van der Waals surface area contributed by atoms with Crippen molar-refractivity contribution in [3.8, 4) is 5.75 Å². The first-order chi connectivity index (χ1) is 22.5. The fourth-order valence-electron chi connectivity index (χ4n) is 6.22. The third-order valence-electron chi connectivity index (χ3n) is 8.79. The van der Waals surface area contributed by atoms with E-state index in [0.717, 1.165) is 25.6 Å². The number of likely N-dealkylation sites (tertiary alicyclic amines) is 1. The molecule has 1 saturated carbocycles. The number of carbonyl (C=O) groups is 2. The van der Waals surface area contributed by atoms with Gasteiger partial charge in [0.25, 0.3) is 0 Å². The summed E-state index contributed by atoms with van der Waals surface area (Å²) in [4.78, 5) is 79.0. The highest BCUT2D eigenvalue weighted by molar-refractivity contribution is 7.73. The van der Waals surface area contributed by atoms with Gasteiger partial charge in [0.1, 0.15) is 29.5 Å². The summed E-state index contributed by atoms with van der Waals surface area (Å²) in [5.41, 5.74) is -0.925. The number of aromatic carboxylic acids is 1. The first-order valence-corrected chi connectivity index (χ1v) is 18.6. The minimum Gasteiger partial charge on any atom is -0.477 e. The minimum atomic E-state index is -4.86. The van der Waals surface area contributed by atoms with Crippen molar-refractivity contribution >= 4 is 49.6 Å². The third-order valence-corrected chi connectivity index (χ3v) is 13.2. The molecule has 19 heteroatoms. The van der Waals surface area contributed by atoms with Crippen LogP contribution in [0, 0.1) is 11.2 Å². The van der Waals surface area contributed by atoms with Crippen LogP contribution in [0.1, 0.15) is 34.8 Å². The molecule has 48 heavy (non-hydrogen) atoms. The Hall–Kier alpha value is -4.14. The van der Waals surface area contributed by atoms with Gasteiger partial charge in [-0.05, 0) is 43.0 Å². The number of ether oxygens (including phenoxy) is 1. The molecule has 4 N–H and O–H groups in total. The summed E-state index contributed by atoms with van der Waals surface area (Å²) in [7, 11) is -7.62. The Labute approximate surface area is 272 Å². The Morgan fingerprint density at radius 2 is 1.81 bits per heavy atom. The van der Waals surface area contributed by atoms with E-state index in [1.807, 2.05) is 0 Å². The van der Waals surface area contributed by atoms with E-state index in [4.69, 9.17) is 9.57 Å². The zero-order chi connectivity index (χ0) is 34.8. The second kappa shape index (κ2) is 12.1. The summed E-state index contributed by atoms with van der Waals surface area (Å²) in [6.45, 7) is 1.51. The number of fused-ring (bicyclic) bond motifs is 1. The van der Waals surface area contributed by atoms with E-state index < -0.39 is 54.7 Å². The number of anilines is 1. The lowest BCUT2D eigenvalue weighted by molar-refractivity contribution is 0.0638. The van der Waals surface area contributed by atoms with Gasteiger partial charge in [-0.2, -0.15) is 0 Å². The van der Waals surface area contributed by atoms with Gasteiger partial charge in [-0.1, -0.05) is 17.3 Å². The van der Waals surface area contributed by atoms with Crippen LogP contribution in [0.3, 0.4) is 0 Å². The van der Waals surface area contributed by atoms with Gasteiger partial charge in [-0.25, -0.2) is 19.0 Å². The molecule has 3 aromatic rings. The first-order valence-electron chi connectivity index (χ1n) is 14.8. The number of hydrogen-bond donors (Lipinski definition) is 4. The highest BCUT2D eigenvalue weighted by atomic mass is 31.2. The standard InChI is InChI=1S/C29H32FN5O11P2/c1-45-32-22-12-33(26-21(30)10-19-24(36)20(27(37)38)11-35(17-5-6-17)25(19)31-26)13-29(22)14-34(15-29)28(39)46-18-7-3-16(4-8-18)9-23(47(2,40)41)48(42,43)44/h3-4,7-8,10-11,17,23H,5-6,9,12-15H2,1-2H3,(H,37,38)(H,40,41)(H2,42,43,44)/b32-22-. The summed E-state index contributed by atoms with van der Waals surface area (Å²) in [5.74, 6) is -2.14. The number of carboxylic acids is 1. The second-order valence-electron chi connectivity index (χ2n) is 12.4. The number of benzene rings is 1. The molecule has 2 saturated heterocycles. The molecule has 2 aliphatic heterocycles. The molecule has 4 heterocycles. The van der Waals surface area contributed by atoms with E-state index >= 15 is 4.39 Å². The molecule has 3 fully saturated rings. The van der Waals surface area contributed by atoms with Crippen molar-refractivity contribution in [1.82, 2.24) is 14.5 Å². The summed E-state index contributed by atoms with van der Waals surface area (Å²) >= 11 is 0. The summed E-state index contributed by atoms with van der Waals surface area (Å²) in [5, 5.41) is 11.8. The number of aromatic nitrogens is 2. The van der Waals surface area contributed by atoms with Crippen molar-refractivity contribution in [2.24, 2.45) is 10.6 Å². The van der Waals surface area contributed by atoms with Crippen molar-refractivity contribution in [2.75, 3.05) is 44.9 Å². The van der Waals surface area contributed by atoms with Gasteiger partial charge < -0.3 is 43.7 Å². The Bertz CT molecular complexity index is 1980. The normalized spacial score (nSPS) is 20.1. The van der Waals surface area contributed by atoms with Crippen molar-refractivity contribution in [1.29, 1.82) is 0 Å². The number of pyridine rings is 2. The van der Waals surface area contributed by atoms with Crippen LogP contribution in [0.15, 0.2) is 46.5 Å². The molecule has 2 unspecified atom stereocenters. The number of oxime groups is 1. The Balaban J connectivity index is 1.17. The van der Waals surface area contributed by atoms with Gasteiger partial charge in [0.15, 0.2) is 11.6 Å². The molecule has 0 bridgehead atoms. The SMILES string of the molecule is CO/N=C1/CN(c2nc3c(cc2F)c(=O)c(C(=O)O)cn3C2CC2)CC12CN(C(=O)Oc1ccc(CC(P(C)(=O)O)P(=O)(O)O)cc1)C2. The van der Waals surface area contributed by atoms with Crippen LogP contribution < -0.4 is 15.1 Å². The molecule has 16 nitrogen and oxygen atoms in total. The van der Waals surface area contributed by atoms with E-state index in [1.165, 1.54) is 42.5 Å². The highest BCUT2D eigenvalue weighted by Crippen LogP contribution is 2.61. The highest BCUT2D eigenvalue weighted by Gasteiger charge is 2.55. The largest absolute Gasteiger partial charge is 0.477 e. The van der Waals surface area contributed by atoms with Crippen molar-refractivity contribution in [3.63, 3.8) is 0 Å². The van der Waals surface area contributed by atoms with E-state index in [2.05, 4.69) is 10.1 Å². The fourth-order valence-corrected chi connectivity index (χ4v) is 9.45. The maximum absolute atomic E-state index is 15.6. The van der Waals surface area contributed by atoms with E-state index in [9.17, 15) is 43.3 Å². The molecule has 1 amide bonds. The van der Waals surface area contributed by atoms with Crippen molar-refractivity contribution in [2.45, 2.75) is 30.7 Å². The second-order valence-corrected chi connectivity index (χ2v) is 17.1. The third kappa shape index (κ3) is 6.36. The molecule has 2 atom stereocenters. The van der Waals surface area contributed by atoms with Crippen LogP contribution >= 0.6 is 15.0 Å². The van der Waals surface area contributed by atoms with Gasteiger partial charge in [-0.3, -0.25) is 13.9 Å². The molecule has 3 aliphatic rings. The van der Waals surface area contributed by atoms with Crippen LogP contribution in [0.2, 0.25) is 0 Å². The number of hydrogen-bond acceptors (Lipinski definition) is 10. The molecule has 2 aromatic heterocycles. The Morgan fingerprint density at radius 3 is 2.38 bits per heavy atom. The monoisotopic (exact) mass is 707 g/mol. The summed E-state index contributed by atoms with van der Waals surface area (Å²) in [6.07, 6.45) is 1.74. The Kier molecular flexibility index (Phi) is 8.49. The van der Waals surface area contributed by atoms with Crippen molar-refractivity contribution in [3.05, 3.63) is 63.7 Å². The molecule has 0 radical (unpaired) electrons. The number of nitrogens with zero attached hydrogens (tertiary/aromatic N) is 5. The lowest BCUT2D eigenvalue weighted by Crippen LogP contribution is -2.63. The molecule has 256 valence electrons. The zero-order valence-electron chi connectivity index (χ0n) is 25.7. The van der Waals surface area contributed by atoms with E-state index in [-0.39, 0.29) is 61.2 Å². The number of amides is 1. The van der Waals surface area contributed by atoms with Gasteiger partial charge in [0, 0.05) is 38.5 Å². The average molecular weight is 708 g/mol. The van der Waals surface area contributed by atoms with Gasteiger partial charge in [0.2, 0.25) is 12.8 Å². The molecular weight excluding hydrogens is 675 g/mol. The van der Waals surface area contributed by atoms with Crippen LogP contribution in [-0.4, -0.2) is 97.4 Å². The number of carboxylic acid groups (broad SMARTS) is 1. The molecular formula is C29H32FN5O11P2. The number of carbonyl (C=O) groups excluding carboxylic acids is 1. The fraction of sp³-hybridized carbons (Fsp3) is 0.414. The Morgan fingerprint density at radius 1 is 1.15 bits per heavy atom. The number of rotatable bonds is 9. The quantitative estimate of drug-likeness (QED) is 0.186. The lowest BCUT2D eigenvalue weighted by Gasteiger charge is -2.46. The predicted molar refractivity (Wildman–Crippen MR) is 170 cm³/mol. The molecule has 1 spiro atoms. The van der Waals surface area contributed by atoms with Crippen LogP contribution in [0.25, 0.3) is 11.0 Å². The minimum absolute atomic E-state index is 0.0530. The predicted octanol–water partition coefficient (Wildman–Crippen LogP) is 2.84. The van der Waals surface area contributed by atoms with Crippen LogP contribution in [0.4, 0.5) is 15.0 Å². The van der Waals surface area contributed by atoms with Crippen LogP contribution in [0.5, 0.6) is 5.75 Å². The molecule has 1 aromatic carbocycles. The zero-order valence-corrected chi connectivity index (χ0v) is 27.5. The summed E-state index contributed by atoms with van der Waals surface area (Å²) in [6, 6.07) is 6.64. The van der Waals surface area contributed by atoms with Crippen LogP contribution in [-0.2, 0) is 20.4 Å². The summed E-state index contributed by atoms with van der Waals surface area (Å²) < 4.78 is 46.4. The molecule has 6 rings (SSSR count). The lowest BCUT2D eigenvalue weighted by atomic mass is 9.78. The van der Waals surface area contributed by atoms with Gasteiger partial charge in [0.05, 0.1) is 23.1 Å². The first kappa shape index (κ1) is 33.7. The van der Waals surface area contributed by atoms with Gasteiger partial charge in [-0.15, -0.1) is 0 Å². The average Bonchev–Trinajstić information content (AvgIpc) is 3.75. The number of halogens is 1. The molecule has 1 aliphatic carbocycles.